The summed E-state index contributed by atoms with van der Waals surface area (Å²) in [6.45, 7) is 4.29. The Labute approximate surface area is 180 Å². The van der Waals surface area contributed by atoms with Crippen LogP contribution >= 0.6 is 0 Å². The van der Waals surface area contributed by atoms with Gasteiger partial charge >= 0.3 is 11.9 Å². The van der Waals surface area contributed by atoms with E-state index in [1.807, 2.05) is 6.92 Å². The fraction of sp³-hybridized carbons (Fsp3) is 0.789. The molecular weight excluding hydrogens is 418 g/mol. The van der Waals surface area contributed by atoms with Crippen LogP contribution in [-0.2, 0) is 38.1 Å². The van der Waals surface area contributed by atoms with Gasteiger partial charge in [0.1, 0.15) is 5.78 Å². The zero-order valence-electron chi connectivity index (χ0n) is 17.8. The van der Waals surface area contributed by atoms with Crippen molar-refractivity contribution < 1.29 is 53.4 Å². The highest BCUT2D eigenvalue weighted by molar-refractivity contribution is 5.92. The van der Waals surface area contributed by atoms with Crippen LogP contribution in [-0.4, -0.2) is 104 Å². The molecule has 0 aliphatic carbocycles. The van der Waals surface area contributed by atoms with Crippen molar-refractivity contribution in [3.63, 3.8) is 0 Å². The second-order valence-corrected chi connectivity index (χ2v) is 6.52. The van der Waals surface area contributed by atoms with Crippen LogP contribution in [0.5, 0.6) is 0 Å². The summed E-state index contributed by atoms with van der Waals surface area (Å²) in [5.41, 5.74) is -2.53. The van der Waals surface area contributed by atoms with Gasteiger partial charge in [0.25, 0.3) is 5.91 Å². The van der Waals surface area contributed by atoms with E-state index in [2.05, 4.69) is 5.32 Å². The number of aliphatic carboxylic acids is 2. The molecule has 0 bridgehead atoms. The predicted octanol–water partition coefficient (Wildman–Crippen LogP) is -0.781. The van der Waals surface area contributed by atoms with Crippen molar-refractivity contribution in [1.82, 2.24) is 5.32 Å². The lowest BCUT2D eigenvalue weighted by molar-refractivity contribution is -0.159. The van der Waals surface area contributed by atoms with Crippen LogP contribution in [0.3, 0.4) is 0 Å². The zero-order valence-corrected chi connectivity index (χ0v) is 17.8. The van der Waals surface area contributed by atoms with Crippen molar-refractivity contribution in [1.29, 1.82) is 0 Å². The molecule has 0 rings (SSSR count). The molecule has 0 aromatic carbocycles. The first kappa shape index (κ1) is 28.9. The van der Waals surface area contributed by atoms with Crippen molar-refractivity contribution >= 4 is 23.6 Å². The maximum Gasteiger partial charge on any atom is 0.306 e. The Morgan fingerprint density at radius 1 is 0.742 bits per heavy atom. The van der Waals surface area contributed by atoms with Crippen molar-refractivity contribution in [2.75, 3.05) is 59.4 Å². The number of carboxylic acids is 2. The summed E-state index contributed by atoms with van der Waals surface area (Å²) >= 11 is 0. The van der Waals surface area contributed by atoms with Gasteiger partial charge in [0.15, 0.2) is 5.60 Å². The highest BCUT2D eigenvalue weighted by Gasteiger charge is 2.40. The molecule has 0 aliphatic rings. The largest absolute Gasteiger partial charge is 0.481 e. The van der Waals surface area contributed by atoms with E-state index in [4.69, 9.17) is 29.2 Å². The van der Waals surface area contributed by atoms with Crippen LogP contribution in [0.15, 0.2) is 0 Å². The number of hydrogen-bond donors (Lipinski definition) is 4. The number of carbonyl (C=O) groups is 4. The normalized spacial score (nSPS) is 11.3. The molecule has 4 N–H and O–H groups in total. The second-order valence-electron chi connectivity index (χ2n) is 6.52. The van der Waals surface area contributed by atoms with E-state index in [1.165, 1.54) is 0 Å². The molecule has 12 heteroatoms. The minimum absolute atomic E-state index is 0.0344. The van der Waals surface area contributed by atoms with Gasteiger partial charge in [-0.1, -0.05) is 6.92 Å². The molecule has 0 aliphatic heterocycles. The van der Waals surface area contributed by atoms with Gasteiger partial charge in [-0.25, -0.2) is 0 Å². The van der Waals surface area contributed by atoms with Crippen molar-refractivity contribution in [3.8, 4) is 0 Å². The molecule has 0 spiro atoms. The monoisotopic (exact) mass is 451 g/mol. The summed E-state index contributed by atoms with van der Waals surface area (Å²) in [5.74, 6) is -3.91. The Balaban J connectivity index is 3.62. The number of ketones is 1. The average molecular weight is 451 g/mol. The van der Waals surface area contributed by atoms with Crippen LogP contribution in [0, 0.1) is 0 Å². The Hall–Kier alpha value is -2.12. The number of carbonyl (C=O) groups excluding carboxylic acids is 2. The number of ether oxygens (including phenoxy) is 4. The van der Waals surface area contributed by atoms with Gasteiger partial charge in [0.05, 0.1) is 65.7 Å². The standard InChI is InChI=1S/C19H33NO11/c1-2-15(21)3-5-28-7-9-30-11-12-31-10-8-29-6-4-20-18(26)19(27,13-16(22)23)14-17(24)25/h27H,2-14H2,1H3,(H,20,26)(H,22,23)(H,24,25). The number of nitrogens with one attached hydrogen (secondary N) is 1. The van der Waals surface area contributed by atoms with E-state index in [9.17, 15) is 24.3 Å². The Bertz CT molecular complexity index is 537. The molecule has 180 valence electrons. The minimum atomic E-state index is -2.53. The van der Waals surface area contributed by atoms with Crippen LogP contribution in [0.25, 0.3) is 0 Å². The molecule has 0 fully saturated rings. The molecule has 0 saturated carbocycles. The minimum Gasteiger partial charge on any atom is -0.481 e. The fourth-order valence-corrected chi connectivity index (χ4v) is 2.25. The molecule has 31 heavy (non-hydrogen) atoms. The summed E-state index contributed by atoms with van der Waals surface area (Å²) in [6, 6.07) is 0. The SMILES string of the molecule is CCC(=O)CCOCCOCCOCCOCCNC(=O)C(O)(CC(=O)O)CC(=O)O. The van der Waals surface area contributed by atoms with Crippen LogP contribution in [0.1, 0.15) is 32.6 Å². The van der Waals surface area contributed by atoms with Crippen molar-refractivity contribution in [2.24, 2.45) is 0 Å². The van der Waals surface area contributed by atoms with E-state index in [-0.39, 0.29) is 32.1 Å². The van der Waals surface area contributed by atoms with Gasteiger partial charge in [-0.15, -0.1) is 0 Å². The molecule has 0 saturated heterocycles. The summed E-state index contributed by atoms with van der Waals surface area (Å²) < 4.78 is 21.0. The lowest BCUT2D eigenvalue weighted by Gasteiger charge is -2.23. The van der Waals surface area contributed by atoms with Gasteiger partial charge < -0.3 is 39.6 Å². The second kappa shape index (κ2) is 17.5. The molecule has 0 radical (unpaired) electrons. The summed E-state index contributed by atoms with van der Waals surface area (Å²) in [6.07, 6.45) is -1.12. The molecule has 12 nitrogen and oxygen atoms in total. The van der Waals surface area contributed by atoms with Crippen molar-refractivity contribution in [2.45, 2.75) is 38.2 Å². The average Bonchev–Trinajstić information content (AvgIpc) is 2.69. The first-order valence-corrected chi connectivity index (χ1v) is 9.98. The number of carboxylic acid groups (broad SMARTS) is 2. The van der Waals surface area contributed by atoms with Crippen LogP contribution < -0.4 is 5.32 Å². The Morgan fingerprint density at radius 2 is 1.16 bits per heavy atom. The predicted molar refractivity (Wildman–Crippen MR) is 106 cm³/mol. The quantitative estimate of drug-likeness (QED) is 0.161. The topological polar surface area (TPSA) is 178 Å². The third-order valence-electron chi connectivity index (χ3n) is 3.88. The number of Topliss-reactive ketones (excluding diaryl/α,β-unsaturated/α-hetero) is 1. The summed E-state index contributed by atoms with van der Waals surface area (Å²) in [7, 11) is 0. The summed E-state index contributed by atoms with van der Waals surface area (Å²) in [4.78, 5) is 44.4. The zero-order chi connectivity index (χ0) is 23.5. The van der Waals surface area contributed by atoms with Crippen LogP contribution in [0.2, 0.25) is 0 Å². The fourth-order valence-electron chi connectivity index (χ4n) is 2.25. The maximum atomic E-state index is 11.9. The molecular formula is C19H33NO11. The van der Waals surface area contributed by atoms with E-state index in [0.717, 1.165) is 0 Å². The van der Waals surface area contributed by atoms with Gasteiger partial charge in [-0.3, -0.25) is 19.2 Å². The van der Waals surface area contributed by atoms with Gasteiger partial charge in [-0.2, -0.15) is 0 Å². The molecule has 0 unspecified atom stereocenters. The third kappa shape index (κ3) is 16.3. The molecule has 1 amide bonds. The molecule has 0 aromatic heterocycles. The highest BCUT2D eigenvalue weighted by atomic mass is 16.6. The number of aliphatic hydroxyl groups is 1. The Kier molecular flexibility index (Phi) is 16.3. The van der Waals surface area contributed by atoms with E-state index in [0.29, 0.717) is 45.9 Å². The number of rotatable bonds is 21. The van der Waals surface area contributed by atoms with E-state index >= 15 is 0 Å². The van der Waals surface area contributed by atoms with Gasteiger partial charge in [0.2, 0.25) is 0 Å². The van der Waals surface area contributed by atoms with Gasteiger partial charge in [-0.05, 0) is 0 Å². The first-order valence-electron chi connectivity index (χ1n) is 9.98. The highest BCUT2D eigenvalue weighted by Crippen LogP contribution is 2.16. The van der Waals surface area contributed by atoms with E-state index in [1.54, 1.807) is 0 Å². The lowest BCUT2D eigenvalue weighted by Crippen LogP contribution is -2.50. The van der Waals surface area contributed by atoms with Crippen LogP contribution in [0.4, 0.5) is 0 Å². The summed E-state index contributed by atoms with van der Waals surface area (Å²) in [5, 5.41) is 29.7. The lowest BCUT2D eigenvalue weighted by atomic mass is 9.94. The Morgan fingerprint density at radius 3 is 1.58 bits per heavy atom. The van der Waals surface area contributed by atoms with Crippen molar-refractivity contribution in [3.05, 3.63) is 0 Å². The van der Waals surface area contributed by atoms with E-state index < -0.39 is 36.3 Å². The number of hydrogen-bond acceptors (Lipinski definition) is 9. The smallest absolute Gasteiger partial charge is 0.306 e. The maximum absolute atomic E-state index is 11.9. The number of amides is 1. The third-order valence-corrected chi connectivity index (χ3v) is 3.88. The molecule has 0 aromatic rings. The molecule has 0 atom stereocenters. The first-order chi connectivity index (χ1) is 14.7. The molecule has 0 heterocycles. The van der Waals surface area contributed by atoms with Gasteiger partial charge in [0, 0.05) is 19.4 Å².